The van der Waals surface area contributed by atoms with Gasteiger partial charge in [0.2, 0.25) is 0 Å². The van der Waals surface area contributed by atoms with E-state index in [-0.39, 0.29) is 5.41 Å². The first kappa shape index (κ1) is 25.7. The number of hydrogen-bond donors (Lipinski definition) is 0. The van der Waals surface area contributed by atoms with Gasteiger partial charge in [-0.1, -0.05) is 115 Å². The summed E-state index contributed by atoms with van der Waals surface area (Å²) in [6, 6.07) is 52.4. The van der Waals surface area contributed by atoms with Gasteiger partial charge in [-0.05, 0) is 113 Å². The zero-order chi connectivity index (χ0) is 29.5. The number of fused-ring (bicyclic) bond motifs is 4. The number of hydrogen-bond acceptors (Lipinski definition) is 1. The Morgan fingerprint density at radius 3 is 1.96 bits per heavy atom. The van der Waals surface area contributed by atoms with E-state index >= 15 is 0 Å². The molecule has 6 aromatic carbocycles. The summed E-state index contributed by atoms with van der Waals surface area (Å²) in [5, 5.41) is 2.54. The lowest BCUT2D eigenvalue weighted by Crippen LogP contribution is -2.55. The van der Waals surface area contributed by atoms with Gasteiger partial charge in [-0.2, -0.15) is 0 Å². The zero-order valence-electron chi connectivity index (χ0n) is 25.6. The average Bonchev–Trinajstić information content (AvgIpc) is 3.39. The maximum atomic E-state index is 2.57. The fourth-order valence-electron chi connectivity index (χ4n) is 10.6. The van der Waals surface area contributed by atoms with E-state index in [2.05, 4.69) is 144 Å². The Kier molecular flexibility index (Phi) is 5.53. The molecule has 0 aromatic heterocycles. The third-order valence-corrected chi connectivity index (χ3v) is 12.0. The number of rotatable bonds is 4. The highest BCUT2D eigenvalue weighted by atomic mass is 15.1. The van der Waals surface area contributed by atoms with Crippen LogP contribution in [0, 0.1) is 23.7 Å². The molecule has 4 saturated carbocycles. The van der Waals surface area contributed by atoms with Crippen molar-refractivity contribution in [2.45, 2.75) is 37.5 Å². The molecule has 0 aliphatic heterocycles. The van der Waals surface area contributed by atoms with Gasteiger partial charge in [0, 0.05) is 22.1 Å². The normalized spacial score (nSPS) is 25.4. The second kappa shape index (κ2) is 9.69. The van der Waals surface area contributed by atoms with Crippen LogP contribution in [0.15, 0.2) is 140 Å². The smallest absolute Gasteiger partial charge is 0.0543 e. The SMILES string of the molecule is c1ccc(-c2cccc(N(c3cccc4c3-c3ccccc3C43C4CC5CC(C4)CC3C5)c3cccc4ccccc34)c2)cc1. The molecule has 1 spiro atoms. The standard InChI is InChI=1S/C44H37N/c1-2-11-31(12-3-1)33-15-8-16-36(28-33)45(41-21-9-14-32-13-4-5-17-37(32)41)42-22-10-20-40-43(42)38-18-6-7-19-39(38)44(40)34-24-29-23-30(26-34)27-35(44)25-29/h1-22,28-30,34-35H,23-27H2. The third-order valence-electron chi connectivity index (χ3n) is 12.0. The zero-order valence-corrected chi connectivity index (χ0v) is 25.6. The minimum Gasteiger partial charge on any atom is -0.309 e. The van der Waals surface area contributed by atoms with Crippen LogP contribution in [0.4, 0.5) is 17.1 Å². The Bertz CT molecular complexity index is 2060. The second-order valence-electron chi connectivity index (χ2n) is 14.2. The molecule has 1 heteroatoms. The van der Waals surface area contributed by atoms with Gasteiger partial charge in [-0.25, -0.2) is 0 Å². The summed E-state index contributed by atoms with van der Waals surface area (Å²) >= 11 is 0. The Balaban J connectivity index is 1.25. The summed E-state index contributed by atoms with van der Waals surface area (Å²) in [5.41, 5.74) is 12.5. The Morgan fingerprint density at radius 2 is 1.11 bits per heavy atom. The molecule has 0 heterocycles. The van der Waals surface area contributed by atoms with E-state index in [1.165, 1.54) is 82.2 Å². The van der Waals surface area contributed by atoms with Crippen molar-refractivity contribution in [2.75, 3.05) is 4.90 Å². The van der Waals surface area contributed by atoms with Gasteiger partial charge in [0.05, 0.1) is 11.4 Å². The van der Waals surface area contributed by atoms with Crippen LogP contribution in [0.2, 0.25) is 0 Å². The summed E-state index contributed by atoms with van der Waals surface area (Å²) in [4.78, 5) is 2.57. The van der Waals surface area contributed by atoms with Gasteiger partial charge in [-0.3, -0.25) is 0 Å². The first-order valence-electron chi connectivity index (χ1n) is 17.0. The van der Waals surface area contributed by atoms with Crippen LogP contribution in [0.3, 0.4) is 0 Å². The summed E-state index contributed by atoms with van der Waals surface area (Å²) in [7, 11) is 0. The summed E-state index contributed by atoms with van der Waals surface area (Å²) in [5.74, 6) is 3.37. The van der Waals surface area contributed by atoms with E-state index < -0.39 is 0 Å². The van der Waals surface area contributed by atoms with Crippen LogP contribution < -0.4 is 4.90 Å². The predicted molar refractivity (Wildman–Crippen MR) is 187 cm³/mol. The molecular formula is C44H37N. The minimum atomic E-state index is 0.145. The van der Waals surface area contributed by atoms with E-state index in [1.54, 1.807) is 11.1 Å². The monoisotopic (exact) mass is 579 g/mol. The molecule has 5 aliphatic rings. The van der Waals surface area contributed by atoms with E-state index in [9.17, 15) is 0 Å². The van der Waals surface area contributed by atoms with Gasteiger partial charge >= 0.3 is 0 Å². The molecule has 45 heavy (non-hydrogen) atoms. The van der Waals surface area contributed by atoms with Crippen molar-refractivity contribution in [1.29, 1.82) is 0 Å². The molecule has 0 N–H and O–H groups in total. The number of benzene rings is 6. The minimum absolute atomic E-state index is 0.145. The van der Waals surface area contributed by atoms with Crippen molar-refractivity contribution in [3.8, 4) is 22.3 Å². The number of nitrogens with zero attached hydrogens (tertiary/aromatic N) is 1. The Morgan fingerprint density at radius 1 is 0.489 bits per heavy atom. The molecule has 0 amide bonds. The predicted octanol–water partition coefficient (Wildman–Crippen LogP) is 11.7. The van der Waals surface area contributed by atoms with Crippen LogP contribution >= 0.6 is 0 Å². The van der Waals surface area contributed by atoms with Crippen LogP contribution in [0.1, 0.15) is 43.2 Å². The quantitative estimate of drug-likeness (QED) is 0.201. The first-order chi connectivity index (χ1) is 22.3. The molecule has 4 fully saturated rings. The Hall–Kier alpha value is -4.62. The van der Waals surface area contributed by atoms with Gasteiger partial charge in [0.15, 0.2) is 0 Å². The fourth-order valence-corrected chi connectivity index (χ4v) is 10.6. The summed E-state index contributed by atoms with van der Waals surface area (Å²) < 4.78 is 0. The maximum absolute atomic E-state index is 2.57. The largest absolute Gasteiger partial charge is 0.309 e. The van der Waals surface area contributed by atoms with Crippen LogP contribution in [-0.4, -0.2) is 0 Å². The maximum Gasteiger partial charge on any atom is 0.0543 e. The molecule has 0 atom stereocenters. The highest BCUT2D eigenvalue weighted by molar-refractivity contribution is 6.03. The summed E-state index contributed by atoms with van der Waals surface area (Å²) in [6.45, 7) is 0. The van der Waals surface area contributed by atoms with Crippen molar-refractivity contribution >= 4 is 27.8 Å². The van der Waals surface area contributed by atoms with Gasteiger partial charge in [-0.15, -0.1) is 0 Å². The van der Waals surface area contributed by atoms with Crippen molar-refractivity contribution < 1.29 is 0 Å². The Labute approximate surface area is 266 Å². The van der Waals surface area contributed by atoms with Crippen LogP contribution in [0.25, 0.3) is 33.0 Å². The fraction of sp³-hybridized carbons (Fsp3) is 0.227. The molecular weight excluding hydrogens is 542 g/mol. The lowest BCUT2D eigenvalue weighted by atomic mass is 9.43. The van der Waals surface area contributed by atoms with E-state index in [4.69, 9.17) is 0 Å². The van der Waals surface area contributed by atoms with Crippen molar-refractivity contribution in [3.63, 3.8) is 0 Å². The molecule has 218 valence electrons. The summed E-state index contributed by atoms with van der Waals surface area (Å²) in [6.07, 6.45) is 7.08. The van der Waals surface area contributed by atoms with Gasteiger partial charge in [0.1, 0.15) is 0 Å². The molecule has 6 aromatic rings. The molecule has 1 nitrogen and oxygen atoms in total. The highest BCUT2D eigenvalue weighted by Gasteiger charge is 2.61. The van der Waals surface area contributed by atoms with E-state index in [0.717, 1.165) is 23.7 Å². The topological polar surface area (TPSA) is 3.24 Å². The third kappa shape index (κ3) is 3.61. The highest BCUT2D eigenvalue weighted by Crippen LogP contribution is 2.70. The van der Waals surface area contributed by atoms with Gasteiger partial charge in [0.25, 0.3) is 0 Å². The molecule has 0 radical (unpaired) electrons. The molecule has 0 saturated heterocycles. The van der Waals surface area contributed by atoms with Gasteiger partial charge < -0.3 is 4.90 Å². The first-order valence-corrected chi connectivity index (χ1v) is 17.0. The second-order valence-corrected chi connectivity index (χ2v) is 14.2. The van der Waals surface area contributed by atoms with Crippen molar-refractivity contribution in [2.24, 2.45) is 23.7 Å². The van der Waals surface area contributed by atoms with Crippen LogP contribution in [0.5, 0.6) is 0 Å². The van der Waals surface area contributed by atoms with Crippen LogP contribution in [-0.2, 0) is 5.41 Å². The lowest BCUT2D eigenvalue weighted by Gasteiger charge is -2.61. The molecule has 5 aliphatic carbocycles. The lowest BCUT2D eigenvalue weighted by molar-refractivity contribution is -0.0399. The average molecular weight is 580 g/mol. The van der Waals surface area contributed by atoms with Crippen molar-refractivity contribution in [1.82, 2.24) is 0 Å². The molecule has 0 unspecified atom stereocenters. The van der Waals surface area contributed by atoms with Crippen molar-refractivity contribution in [3.05, 3.63) is 151 Å². The molecule has 4 bridgehead atoms. The number of anilines is 3. The van der Waals surface area contributed by atoms with E-state index in [1.807, 2.05) is 0 Å². The molecule has 11 rings (SSSR count). The van der Waals surface area contributed by atoms with E-state index in [0.29, 0.717) is 0 Å².